The Bertz CT molecular complexity index is 1010. The molecular weight excluding hydrogens is 322 g/mol. The second-order valence-electron chi connectivity index (χ2n) is 6.11. The molecule has 1 aromatic carbocycles. The molecule has 1 saturated heterocycles. The lowest BCUT2D eigenvalue weighted by Crippen LogP contribution is -2.29. The number of imidazole rings is 1. The molecule has 0 radical (unpaired) electrons. The molecule has 1 aliphatic heterocycles. The highest BCUT2D eigenvalue weighted by Crippen LogP contribution is 2.23. The maximum atomic E-state index is 12.4. The van der Waals surface area contributed by atoms with Crippen molar-refractivity contribution in [2.75, 3.05) is 18.0 Å². The zero-order valence-electron chi connectivity index (χ0n) is 13.9. The van der Waals surface area contributed by atoms with E-state index in [0.29, 0.717) is 22.9 Å². The van der Waals surface area contributed by atoms with Crippen molar-refractivity contribution in [3.63, 3.8) is 0 Å². The van der Waals surface area contributed by atoms with E-state index < -0.39 is 11.2 Å². The smallest absolute Gasteiger partial charge is 0.329 e. The summed E-state index contributed by atoms with van der Waals surface area (Å²) in [4.78, 5) is 33.3. The molecule has 2 aromatic heterocycles. The summed E-state index contributed by atoms with van der Waals surface area (Å²) in [6.45, 7) is 1.90. The van der Waals surface area contributed by atoms with Crippen LogP contribution in [-0.2, 0) is 13.8 Å². The van der Waals surface area contributed by atoms with Gasteiger partial charge < -0.3 is 9.64 Å². The summed E-state index contributed by atoms with van der Waals surface area (Å²) in [7, 11) is 1.60. The molecule has 0 unspecified atom stereocenters. The van der Waals surface area contributed by atoms with E-state index in [1.165, 1.54) is 4.57 Å². The van der Waals surface area contributed by atoms with Crippen LogP contribution in [0, 0.1) is 0 Å². The molecule has 0 saturated carbocycles. The van der Waals surface area contributed by atoms with Crippen molar-refractivity contribution in [3.8, 4) is 5.75 Å². The molecule has 1 fully saturated rings. The van der Waals surface area contributed by atoms with E-state index in [1.807, 2.05) is 30.3 Å². The van der Waals surface area contributed by atoms with Gasteiger partial charge in [-0.05, 0) is 25.0 Å². The second kappa shape index (κ2) is 6.12. The number of ether oxygens (including phenoxy) is 1. The van der Waals surface area contributed by atoms with Crippen LogP contribution in [0.4, 0.5) is 5.95 Å². The normalized spacial score (nSPS) is 14.4. The van der Waals surface area contributed by atoms with E-state index in [-0.39, 0.29) is 6.73 Å². The van der Waals surface area contributed by atoms with Gasteiger partial charge in [0.2, 0.25) is 5.95 Å². The first-order chi connectivity index (χ1) is 12.1. The summed E-state index contributed by atoms with van der Waals surface area (Å²) in [6.07, 6.45) is 2.16. The van der Waals surface area contributed by atoms with Gasteiger partial charge in [-0.2, -0.15) is 4.98 Å². The van der Waals surface area contributed by atoms with Gasteiger partial charge in [0.1, 0.15) is 5.75 Å². The lowest BCUT2D eigenvalue weighted by molar-refractivity contribution is 0.241. The summed E-state index contributed by atoms with van der Waals surface area (Å²) in [5.74, 6) is 1.37. The number of benzene rings is 1. The average molecular weight is 341 g/mol. The van der Waals surface area contributed by atoms with Crippen molar-refractivity contribution in [1.82, 2.24) is 19.1 Å². The Labute approximate surface area is 143 Å². The third-order valence-electron chi connectivity index (χ3n) is 4.48. The fourth-order valence-corrected chi connectivity index (χ4v) is 3.16. The maximum Gasteiger partial charge on any atom is 0.329 e. The van der Waals surface area contributed by atoms with Crippen LogP contribution in [0.1, 0.15) is 12.8 Å². The summed E-state index contributed by atoms with van der Waals surface area (Å²) < 4.78 is 8.94. The first kappa shape index (κ1) is 15.5. The predicted octanol–water partition coefficient (Wildman–Crippen LogP) is 1.06. The Balaban J connectivity index is 1.84. The maximum absolute atomic E-state index is 12.4. The summed E-state index contributed by atoms with van der Waals surface area (Å²) in [6, 6.07) is 9.40. The number of para-hydroxylation sites is 1. The van der Waals surface area contributed by atoms with Crippen molar-refractivity contribution in [1.29, 1.82) is 0 Å². The standard InChI is InChI=1S/C17H19N5O3/c1-20-14-13(15(23)19-17(20)24)22(11-25-12-7-3-2-4-8-12)16(18-14)21-9-5-6-10-21/h2-4,7-8H,5-6,9-11H2,1H3,(H,19,23,24). The molecule has 130 valence electrons. The molecule has 0 atom stereocenters. The van der Waals surface area contributed by atoms with Gasteiger partial charge in [0.25, 0.3) is 5.56 Å². The molecule has 25 heavy (non-hydrogen) atoms. The van der Waals surface area contributed by atoms with Gasteiger partial charge in [-0.15, -0.1) is 0 Å². The van der Waals surface area contributed by atoms with E-state index in [2.05, 4.69) is 14.9 Å². The van der Waals surface area contributed by atoms with Gasteiger partial charge in [-0.1, -0.05) is 18.2 Å². The van der Waals surface area contributed by atoms with Crippen LogP contribution < -0.4 is 20.9 Å². The zero-order chi connectivity index (χ0) is 17.4. The Hall–Kier alpha value is -3.03. The molecule has 3 aromatic rings. The highest BCUT2D eigenvalue weighted by molar-refractivity contribution is 5.74. The fourth-order valence-electron chi connectivity index (χ4n) is 3.16. The third-order valence-corrected chi connectivity index (χ3v) is 4.48. The third kappa shape index (κ3) is 2.69. The molecule has 3 heterocycles. The number of aromatic nitrogens is 4. The minimum atomic E-state index is -0.473. The number of nitrogens with one attached hydrogen (secondary N) is 1. The van der Waals surface area contributed by atoms with Crippen molar-refractivity contribution < 1.29 is 4.74 Å². The topological polar surface area (TPSA) is 85.1 Å². The SMILES string of the molecule is Cn1c(=O)[nH]c(=O)c2c1nc(N1CCCC1)n2COc1ccccc1. The van der Waals surface area contributed by atoms with Crippen molar-refractivity contribution in [2.24, 2.45) is 7.05 Å². The average Bonchev–Trinajstić information content (AvgIpc) is 3.26. The Kier molecular flexibility index (Phi) is 3.79. The molecule has 0 bridgehead atoms. The largest absolute Gasteiger partial charge is 0.473 e. The molecule has 1 N–H and O–H groups in total. The molecule has 0 amide bonds. The number of nitrogens with zero attached hydrogens (tertiary/aromatic N) is 4. The van der Waals surface area contributed by atoms with Gasteiger partial charge in [0.05, 0.1) is 0 Å². The second-order valence-corrected chi connectivity index (χ2v) is 6.11. The lowest BCUT2D eigenvalue weighted by atomic mass is 10.3. The molecule has 0 spiro atoms. The number of rotatable bonds is 4. The van der Waals surface area contributed by atoms with Crippen LogP contribution in [0.2, 0.25) is 0 Å². The number of aromatic amines is 1. The first-order valence-corrected chi connectivity index (χ1v) is 8.27. The van der Waals surface area contributed by atoms with Gasteiger partial charge >= 0.3 is 5.69 Å². The molecule has 0 aliphatic carbocycles. The van der Waals surface area contributed by atoms with Crippen LogP contribution >= 0.6 is 0 Å². The number of H-pyrrole nitrogens is 1. The molecule has 8 nitrogen and oxygen atoms in total. The number of hydrogen-bond acceptors (Lipinski definition) is 5. The highest BCUT2D eigenvalue weighted by atomic mass is 16.5. The van der Waals surface area contributed by atoms with E-state index in [1.54, 1.807) is 11.6 Å². The first-order valence-electron chi connectivity index (χ1n) is 8.27. The minimum absolute atomic E-state index is 0.146. The van der Waals surface area contributed by atoms with Gasteiger partial charge in [-0.25, -0.2) is 4.79 Å². The highest BCUT2D eigenvalue weighted by Gasteiger charge is 2.23. The van der Waals surface area contributed by atoms with Crippen LogP contribution in [0.3, 0.4) is 0 Å². The summed E-state index contributed by atoms with van der Waals surface area (Å²) >= 11 is 0. The van der Waals surface area contributed by atoms with Gasteiger partial charge in [0, 0.05) is 20.1 Å². The summed E-state index contributed by atoms with van der Waals surface area (Å²) in [5, 5.41) is 0. The quantitative estimate of drug-likeness (QED) is 0.767. The van der Waals surface area contributed by atoms with Crippen LogP contribution in [0.5, 0.6) is 5.75 Å². The van der Waals surface area contributed by atoms with E-state index in [4.69, 9.17) is 4.74 Å². The molecule has 4 rings (SSSR count). The molecular formula is C17H19N5O3. The van der Waals surface area contributed by atoms with Crippen molar-refractivity contribution in [3.05, 3.63) is 51.2 Å². The molecule has 1 aliphatic rings. The summed E-state index contributed by atoms with van der Waals surface area (Å²) in [5.41, 5.74) is -0.209. The number of anilines is 1. The number of fused-ring (bicyclic) bond motifs is 1. The van der Waals surface area contributed by atoms with E-state index in [0.717, 1.165) is 25.9 Å². The zero-order valence-corrected chi connectivity index (χ0v) is 13.9. The number of aryl methyl sites for hydroxylation is 1. The van der Waals surface area contributed by atoms with Crippen LogP contribution in [0.25, 0.3) is 11.2 Å². The van der Waals surface area contributed by atoms with Crippen molar-refractivity contribution in [2.45, 2.75) is 19.6 Å². The Morgan fingerprint density at radius 1 is 1.16 bits per heavy atom. The van der Waals surface area contributed by atoms with Crippen LogP contribution in [-0.4, -0.2) is 32.2 Å². The number of hydrogen-bond donors (Lipinski definition) is 1. The predicted molar refractivity (Wildman–Crippen MR) is 94.1 cm³/mol. The van der Waals surface area contributed by atoms with Crippen molar-refractivity contribution >= 4 is 17.1 Å². The lowest BCUT2D eigenvalue weighted by Gasteiger charge is -2.18. The van der Waals surface area contributed by atoms with Gasteiger partial charge in [0.15, 0.2) is 17.9 Å². The Morgan fingerprint density at radius 2 is 1.88 bits per heavy atom. The van der Waals surface area contributed by atoms with Crippen LogP contribution in [0.15, 0.2) is 39.9 Å². The monoisotopic (exact) mass is 341 g/mol. The molecule has 8 heteroatoms. The Morgan fingerprint density at radius 3 is 2.60 bits per heavy atom. The minimum Gasteiger partial charge on any atom is -0.473 e. The van der Waals surface area contributed by atoms with Gasteiger partial charge in [-0.3, -0.25) is 18.9 Å². The fraction of sp³-hybridized carbons (Fsp3) is 0.353. The van der Waals surface area contributed by atoms with E-state index in [9.17, 15) is 9.59 Å². The van der Waals surface area contributed by atoms with E-state index >= 15 is 0 Å².